The summed E-state index contributed by atoms with van der Waals surface area (Å²) in [5.74, 6) is 1.03. The Kier molecular flexibility index (Phi) is 4.23. The van der Waals surface area contributed by atoms with E-state index in [2.05, 4.69) is 10.1 Å². The molecular weight excluding hydrogens is 276 g/mol. The first-order valence-corrected chi connectivity index (χ1v) is 6.81. The van der Waals surface area contributed by atoms with Crippen molar-refractivity contribution in [1.29, 1.82) is 0 Å². The van der Waals surface area contributed by atoms with Gasteiger partial charge in [-0.05, 0) is 17.7 Å². The first-order valence-electron chi connectivity index (χ1n) is 6.44. The van der Waals surface area contributed by atoms with E-state index in [-0.39, 0.29) is 12.2 Å². The number of nitrogens with zero attached hydrogens (tertiary/aromatic N) is 2. The predicted octanol–water partition coefficient (Wildman–Crippen LogP) is 3.47. The van der Waals surface area contributed by atoms with Gasteiger partial charge in [0.2, 0.25) is 5.89 Å². The first kappa shape index (κ1) is 14.7. The third-order valence-corrected chi connectivity index (χ3v) is 3.19. The van der Waals surface area contributed by atoms with Crippen LogP contribution in [0.2, 0.25) is 5.02 Å². The lowest BCUT2D eigenvalue weighted by Gasteiger charge is -2.14. The molecule has 1 heterocycles. The lowest BCUT2D eigenvalue weighted by Crippen LogP contribution is -2.22. The lowest BCUT2D eigenvalue weighted by atomic mass is 9.89. The summed E-state index contributed by atoms with van der Waals surface area (Å²) in [6, 6.07) is 7.47. The van der Waals surface area contributed by atoms with E-state index in [4.69, 9.17) is 16.1 Å². The Morgan fingerprint density at radius 2 is 1.90 bits per heavy atom. The highest BCUT2D eigenvalue weighted by Gasteiger charge is 2.23. The van der Waals surface area contributed by atoms with Crippen LogP contribution in [0, 0.1) is 5.41 Å². The van der Waals surface area contributed by atoms with Gasteiger partial charge in [0.05, 0.1) is 6.42 Å². The SMILES string of the molecule is CC(C)(C)C(=O)Cc1nc(Cc2ccc(Cl)cc2)no1. The second kappa shape index (κ2) is 5.75. The molecule has 2 aromatic rings. The molecule has 5 heteroatoms. The number of rotatable bonds is 4. The number of hydrogen-bond donors (Lipinski definition) is 0. The van der Waals surface area contributed by atoms with Crippen molar-refractivity contribution in [2.24, 2.45) is 5.41 Å². The number of aromatic nitrogens is 2. The highest BCUT2D eigenvalue weighted by molar-refractivity contribution is 6.30. The van der Waals surface area contributed by atoms with Gasteiger partial charge < -0.3 is 4.52 Å². The summed E-state index contributed by atoms with van der Waals surface area (Å²) in [5, 5.41) is 4.59. The number of ketones is 1. The minimum atomic E-state index is -0.398. The maximum absolute atomic E-state index is 11.9. The molecule has 0 radical (unpaired) electrons. The number of carbonyl (C=O) groups excluding carboxylic acids is 1. The van der Waals surface area contributed by atoms with Crippen LogP contribution in [0.4, 0.5) is 0 Å². The molecule has 0 fully saturated rings. The zero-order valence-corrected chi connectivity index (χ0v) is 12.6. The summed E-state index contributed by atoms with van der Waals surface area (Å²) >= 11 is 5.83. The number of carbonyl (C=O) groups is 1. The second-order valence-electron chi connectivity index (χ2n) is 5.76. The van der Waals surface area contributed by atoms with Gasteiger partial charge in [-0.3, -0.25) is 4.79 Å². The zero-order valence-electron chi connectivity index (χ0n) is 11.8. The molecule has 0 aliphatic carbocycles. The van der Waals surface area contributed by atoms with Crippen LogP contribution in [0.5, 0.6) is 0 Å². The van der Waals surface area contributed by atoms with Gasteiger partial charge in [0, 0.05) is 16.9 Å². The van der Waals surface area contributed by atoms with Gasteiger partial charge in [0.15, 0.2) is 5.82 Å². The summed E-state index contributed by atoms with van der Waals surface area (Å²) in [7, 11) is 0. The third-order valence-electron chi connectivity index (χ3n) is 2.93. The van der Waals surface area contributed by atoms with Gasteiger partial charge in [-0.15, -0.1) is 0 Å². The minimum absolute atomic E-state index is 0.0826. The highest BCUT2D eigenvalue weighted by atomic mass is 35.5. The molecule has 4 nitrogen and oxygen atoms in total. The molecule has 0 saturated carbocycles. The van der Waals surface area contributed by atoms with Gasteiger partial charge in [-0.25, -0.2) is 0 Å². The molecule has 0 aliphatic rings. The maximum Gasteiger partial charge on any atom is 0.234 e. The highest BCUT2D eigenvalue weighted by Crippen LogP contribution is 2.18. The molecule has 0 bridgehead atoms. The van der Waals surface area contributed by atoms with Crippen molar-refractivity contribution in [3.8, 4) is 0 Å². The molecule has 0 amide bonds. The van der Waals surface area contributed by atoms with Crippen molar-refractivity contribution in [3.63, 3.8) is 0 Å². The van der Waals surface area contributed by atoms with Crippen LogP contribution in [0.3, 0.4) is 0 Å². The summed E-state index contributed by atoms with van der Waals surface area (Å²) in [6.07, 6.45) is 0.738. The molecule has 0 unspecified atom stereocenters. The Morgan fingerprint density at radius 3 is 2.50 bits per heavy atom. The van der Waals surface area contributed by atoms with Crippen molar-refractivity contribution < 1.29 is 9.32 Å². The van der Waals surface area contributed by atoms with E-state index in [1.54, 1.807) is 0 Å². The van der Waals surface area contributed by atoms with Crippen LogP contribution in [-0.4, -0.2) is 15.9 Å². The normalized spacial score (nSPS) is 11.6. The van der Waals surface area contributed by atoms with Crippen LogP contribution in [-0.2, 0) is 17.6 Å². The fourth-order valence-electron chi connectivity index (χ4n) is 1.62. The Morgan fingerprint density at radius 1 is 1.25 bits per heavy atom. The summed E-state index contributed by atoms with van der Waals surface area (Å²) in [4.78, 5) is 16.1. The monoisotopic (exact) mass is 292 g/mol. The van der Waals surface area contributed by atoms with E-state index in [1.165, 1.54) is 0 Å². The predicted molar refractivity (Wildman–Crippen MR) is 76.7 cm³/mol. The zero-order chi connectivity index (χ0) is 14.8. The molecule has 0 saturated heterocycles. The molecule has 2 rings (SSSR count). The molecule has 1 aromatic heterocycles. The smallest absolute Gasteiger partial charge is 0.234 e. The van der Waals surface area contributed by atoms with E-state index in [1.807, 2.05) is 45.0 Å². The van der Waals surface area contributed by atoms with Crippen LogP contribution in [0.1, 0.15) is 38.0 Å². The van der Waals surface area contributed by atoms with Gasteiger partial charge >= 0.3 is 0 Å². The molecule has 106 valence electrons. The second-order valence-corrected chi connectivity index (χ2v) is 6.19. The van der Waals surface area contributed by atoms with Crippen molar-refractivity contribution >= 4 is 17.4 Å². The molecule has 1 aromatic carbocycles. The van der Waals surface area contributed by atoms with E-state index >= 15 is 0 Å². The van der Waals surface area contributed by atoms with Gasteiger partial charge in [0.1, 0.15) is 5.78 Å². The Bertz CT molecular complexity index is 597. The fourth-order valence-corrected chi connectivity index (χ4v) is 1.75. The molecule has 0 spiro atoms. The number of Topliss-reactive ketones (excluding diaryl/α,β-unsaturated/α-hetero) is 1. The quantitative estimate of drug-likeness (QED) is 0.866. The van der Waals surface area contributed by atoms with Gasteiger partial charge in [0.25, 0.3) is 0 Å². The third kappa shape index (κ3) is 3.90. The lowest BCUT2D eigenvalue weighted by molar-refractivity contribution is -0.125. The molecular formula is C15H17ClN2O2. The van der Waals surface area contributed by atoms with Crippen LogP contribution in [0.25, 0.3) is 0 Å². The van der Waals surface area contributed by atoms with Crippen LogP contribution < -0.4 is 0 Å². The molecule has 0 atom stereocenters. The number of hydrogen-bond acceptors (Lipinski definition) is 4. The van der Waals surface area contributed by atoms with Gasteiger partial charge in [-0.2, -0.15) is 4.98 Å². The number of halogens is 1. The Balaban J connectivity index is 2.02. The molecule has 20 heavy (non-hydrogen) atoms. The largest absolute Gasteiger partial charge is 0.339 e. The summed E-state index contributed by atoms with van der Waals surface area (Å²) < 4.78 is 5.12. The maximum atomic E-state index is 11.9. The number of benzene rings is 1. The summed E-state index contributed by atoms with van der Waals surface area (Å²) in [5.41, 5.74) is 0.647. The van der Waals surface area contributed by atoms with Crippen LogP contribution >= 0.6 is 11.6 Å². The molecule has 0 aliphatic heterocycles. The van der Waals surface area contributed by atoms with Gasteiger partial charge in [-0.1, -0.05) is 49.7 Å². The van der Waals surface area contributed by atoms with Crippen molar-refractivity contribution in [2.45, 2.75) is 33.6 Å². The van der Waals surface area contributed by atoms with Crippen molar-refractivity contribution in [2.75, 3.05) is 0 Å². The van der Waals surface area contributed by atoms with Crippen molar-refractivity contribution in [3.05, 3.63) is 46.6 Å². The minimum Gasteiger partial charge on any atom is -0.339 e. The van der Waals surface area contributed by atoms with E-state index < -0.39 is 5.41 Å². The average molecular weight is 293 g/mol. The fraction of sp³-hybridized carbons (Fsp3) is 0.400. The van der Waals surface area contributed by atoms with E-state index in [0.717, 1.165) is 5.56 Å². The van der Waals surface area contributed by atoms with E-state index in [0.29, 0.717) is 23.2 Å². The topological polar surface area (TPSA) is 56.0 Å². The van der Waals surface area contributed by atoms with Crippen molar-refractivity contribution in [1.82, 2.24) is 10.1 Å². The van der Waals surface area contributed by atoms with Crippen LogP contribution in [0.15, 0.2) is 28.8 Å². The summed E-state index contributed by atoms with van der Waals surface area (Å²) in [6.45, 7) is 5.63. The molecule has 0 N–H and O–H groups in total. The van der Waals surface area contributed by atoms with E-state index in [9.17, 15) is 4.79 Å². The first-order chi connectivity index (χ1) is 9.34. The average Bonchev–Trinajstić information content (AvgIpc) is 2.78. The standard InChI is InChI=1S/C15H17ClN2O2/c1-15(2,3)12(19)9-14-17-13(18-20-14)8-10-4-6-11(16)7-5-10/h4-7H,8-9H2,1-3H3. The Labute approximate surface area is 123 Å². The Hall–Kier alpha value is -1.68.